The normalized spacial score (nSPS) is 12.6. The number of para-hydroxylation sites is 1. The van der Waals surface area contributed by atoms with E-state index < -0.39 is 6.10 Å². The Morgan fingerprint density at radius 1 is 1.25 bits per heavy atom. The molecule has 0 saturated heterocycles. The summed E-state index contributed by atoms with van der Waals surface area (Å²) in [5, 5.41) is 12.6. The zero-order valence-electron chi connectivity index (χ0n) is 13.6. The van der Waals surface area contributed by atoms with Gasteiger partial charge in [-0.2, -0.15) is 0 Å². The van der Waals surface area contributed by atoms with Crippen molar-refractivity contribution in [2.75, 3.05) is 13.7 Å². The molecule has 0 heterocycles. The molecule has 4 nitrogen and oxygen atoms in total. The molecule has 126 valence electrons. The predicted octanol–water partition coefficient (Wildman–Crippen LogP) is 3.09. The highest BCUT2D eigenvalue weighted by Gasteiger charge is 2.10. The first-order valence-electron chi connectivity index (χ1n) is 7.54. The molecule has 0 aliphatic carbocycles. The maximum atomic E-state index is 12.9. The van der Waals surface area contributed by atoms with E-state index >= 15 is 0 Å². The largest absolute Gasteiger partial charge is 0.496 e. The number of methoxy groups -OCH3 is 1. The third-order valence-corrected chi connectivity index (χ3v) is 3.60. The number of carbonyl (C=O) groups excluding carboxylic acids is 1. The third kappa shape index (κ3) is 4.67. The molecular formula is C19H20FNO3. The summed E-state index contributed by atoms with van der Waals surface area (Å²) in [6, 6.07) is 12.9. The summed E-state index contributed by atoms with van der Waals surface area (Å²) in [4.78, 5) is 12.0. The lowest BCUT2D eigenvalue weighted by Crippen LogP contribution is -2.26. The van der Waals surface area contributed by atoms with Crippen molar-refractivity contribution in [1.29, 1.82) is 0 Å². The molecule has 2 rings (SSSR count). The highest BCUT2D eigenvalue weighted by molar-refractivity contribution is 5.95. The van der Waals surface area contributed by atoms with E-state index in [1.807, 2.05) is 31.2 Å². The minimum Gasteiger partial charge on any atom is -0.496 e. The number of hydrogen-bond donors (Lipinski definition) is 2. The number of halogens is 1. The number of aliphatic hydroxyl groups excluding tert-OH is 1. The Bertz CT molecular complexity index is 726. The van der Waals surface area contributed by atoms with Gasteiger partial charge >= 0.3 is 0 Å². The van der Waals surface area contributed by atoms with Crippen LogP contribution in [0.15, 0.2) is 54.6 Å². The SMILES string of the molecule is COc1ccccc1C(C)=CC(=O)NCC(O)c1ccc(F)cc1. The number of hydrogen-bond acceptors (Lipinski definition) is 3. The average molecular weight is 329 g/mol. The maximum Gasteiger partial charge on any atom is 0.244 e. The maximum absolute atomic E-state index is 12.9. The summed E-state index contributed by atoms with van der Waals surface area (Å²) in [7, 11) is 1.57. The lowest BCUT2D eigenvalue weighted by molar-refractivity contribution is -0.116. The zero-order valence-corrected chi connectivity index (χ0v) is 13.6. The van der Waals surface area contributed by atoms with Crippen molar-refractivity contribution in [1.82, 2.24) is 5.32 Å². The molecule has 0 fully saturated rings. The molecule has 1 amide bonds. The fourth-order valence-corrected chi connectivity index (χ4v) is 2.30. The summed E-state index contributed by atoms with van der Waals surface area (Å²) >= 11 is 0. The van der Waals surface area contributed by atoms with E-state index in [2.05, 4.69) is 5.32 Å². The van der Waals surface area contributed by atoms with E-state index in [1.54, 1.807) is 7.11 Å². The Kier molecular flexibility index (Phi) is 6.09. The van der Waals surface area contributed by atoms with Crippen LogP contribution in [-0.4, -0.2) is 24.7 Å². The summed E-state index contributed by atoms with van der Waals surface area (Å²) in [5.74, 6) is -0.00434. The molecule has 2 aromatic carbocycles. The molecular weight excluding hydrogens is 309 g/mol. The number of ether oxygens (including phenoxy) is 1. The molecule has 2 aromatic rings. The number of carbonyl (C=O) groups is 1. The van der Waals surface area contributed by atoms with Crippen molar-refractivity contribution in [3.05, 3.63) is 71.6 Å². The van der Waals surface area contributed by atoms with Crippen molar-refractivity contribution < 1.29 is 19.0 Å². The van der Waals surface area contributed by atoms with Crippen LogP contribution in [0.2, 0.25) is 0 Å². The van der Waals surface area contributed by atoms with Gasteiger partial charge in [-0.15, -0.1) is 0 Å². The van der Waals surface area contributed by atoms with Gasteiger partial charge in [0.1, 0.15) is 11.6 Å². The highest BCUT2D eigenvalue weighted by Crippen LogP contribution is 2.24. The number of allylic oxidation sites excluding steroid dienone is 1. The topological polar surface area (TPSA) is 58.6 Å². The van der Waals surface area contributed by atoms with Gasteiger partial charge in [0.25, 0.3) is 0 Å². The van der Waals surface area contributed by atoms with E-state index in [-0.39, 0.29) is 18.3 Å². The summed E-state index contributed by atoms with van der Waals surface area (Å²) in [6.45, 7) is 1.86. The Morgan fingerprint density at radius 3 is 2.58 bits per heavy atom. The van der Waals surface area contributed by atoms with Gasteiger partial charge in [0.05, 0.1) is 13.2 Å². The first-order valence-corrected chi connectivity index (χ1v) is 7.54. The van der Waals surface area contributed by atoms with Gasteiger partial charge in [0, 0.05) is 18.2 Å². The molecule has 0 aliphatic heterocycles. The van der Waals surface area contributed by atoms with Crippen molar-refractivity contribution >= 4 is 11.5 Å². The number of amides is 1. The van der Waals surface area contributed by atoms with Gasteiger partial charge in [0.15, 0.2) is 0 Å². The molecule has 0 spiro atoms. The Hall–Kier alpha value is -2.66. The minimum absolute atomic E-state index is 0.0418. The van der Waals surface area contributed by atoms with E-state index in [0.29, 0.717) is 11.3 Å². The van der Waals surface area contributed by atoms with Gasteiger partial charge in [-0.05, 0) is 36.3 Å². The summed E-state index contributed by atoms with van der Waals surface area (Å²) in [5.41, 5.74) is 2.12. The van der Waals surface area contributed by atoms with Crippen LogP contribution in [-0.2, 0) is 4.79 Å². The number of nitrogens with one attached hydrogen (secondary N) is 1. The first-order chi connectivity index (χ1) is 11.5. The predicted molar refractivity (Wildman–Crippen MR) is 91.0 cm³/mol. The molecule has 0 aliphatic rings. The van der Waals surface area contributed by atoms with Crippen molar-refractivity contribution in [3.63, 3.8) is 0 Å². The van der Waals surface area contributed by atoms with Crippen LogP contribution in [0.3, 0.4) is 0 Å². The van der Waals surface area contributed by atoms with E-state index in [4.69, 9.17) is 4.74 Å². The molecule has 0 radical (unpaired) electrons. The smallest absolute Gasteiger partial charge is 0.244 e. The lowest BCUT2D eigenvalue weighted by atomic mass is 10.1. The Balaban J connectivity index is 1.98. The van der Waals surface area contributed by atoms with Crippen molar-refractivity contribution in [2.24, 2.45) is 0 Å². The first kappa shape index (κ1) is 17.7. The Morgan fingerprint density at radius 2 is 1.92 bits per heavy atom. The van der Waals surface area contributed by atoms with Crippen LogP contribution >= 0.6 is 0 Å². The van der Waals surface area contributed by atoms with Crippen molar-refractivity contribution in [3.8, 4) is 5.75 Å². The molecule has 0 aromatic heterocycles. The van der Waals surface area contributed by atoms with E-state index in [0.717, 1.165) is 11.1 Å². The van der Waals surface area contributed by atoms with Gasteiger partial charge in [0.2, 0.25) is 5.91 Å². The standard InChI is InChI=1S/C19H20FNO3/c1-13(16-5-3-4-6-18(16)24-2)11-19(23)21-12-17(22)14-7-9-15(20)10-8-14/h3-11,17,22H,12H2,1-2H3,(H,21,23). The molecule has 24 heavy (non-hydrogen) atoms. The minimum atomic E-state index is -0.894. The molecule has 0 saturated carbocycles. The van der Waals surface area contributed by atoms with Crippen LogP contribution < -0.4 is 10.1 Å². The van der Waals surface area contributed by atoms with Crippen molar-refractivity contribution in [2.45, 2.75) is 13.0 Å². The molecule has 1 unspecified atom stereocenters. The summed E-state index contributed by atoms with van der Waals surface area (Å²) in [6.07, 6.45) is 0.560. The van der Waals surface area contributed by atoms with Crippen LogP contribution in [0.1, 0.15) is 24.2 Å². The highest BCUT2D eigenvalue weighted by atomic mass is 19.1. The number of aliphatic hydroxyl groups is 1. The third-order valence-electron chi connectivity index (χ3n) is 3.60. The second kappa shape index (κ2) is 8.26. The van der Waals surface area contributed by atoms with Crippen LogP contribution in [0, 0.1) is 5.82 Å². The van der Waals surface area contributed by atoms with E-state index in [9.17, 15) is 14.3 Å². The fraction of sp³-hybridized carbons (Fsp3) is 0.211. The summed E-state index contributed by atoms with van der Waals surface area (Å²) < 4.78 is 18.1. The van der Waals surface area contributed by atoms with Crippen LogP contribution in [0.5, 0.6) is 5.75 Å². The van der Waals surface area contributed by atoms with Gasteiger partial charge in [-0.3, -0.25) is 4.79 Å². The van der Waals surface area contributed by atoms with Crippen LogP contribution in [0.4, 0.5) is 4.39 Å². The number of benzene rings is 2. The molecule has 0 bridgehead atoms. The lowest BCUT2D eigenvalue weighted by Gasteiger charge is -2.12. The second-order valence-corrected chi connectivity index (χ2v) is 5.34. The molecule has 1 atom stereocenters. The zero-order chi connectivity index (χ0) is 17.5. The van der Waals surface area contributed by atoms with Gasteiger partial charge < -0.3 is 15.2 Å². The quantitative estimate of drug-likeness (QED) is 0.801. The number of rotatable bonds is 6. The molecule has 5 heteroatoms. The van der Waals surface area contributed by atoms with Gasteiger partial charge in [-0.25, -0.2) is 4.39 Å². The Labute approximate surface area is 140 Å². The van der Waals surface area contributed by atoms with E-state index in [1.165, 1.54) is 30.3 Å². The monoisotopic (exact) mass is 329 g/mol. The fourth-order valence-electron chi connectivity index (χ4n) is 2.30. The average Bonchev–Trinajstić information content (AvgIpc) is 2.60. The van der Waals surface area contributed by atoms with Crippen LogP contribution in [0.25, 0.3) is 5.57 Å². The van der Waals surface area contributed by atoms with Gasteiger partial charge in [-0.1, -0.05) is 30.3 Å². The second-order valence-electron chi connectivity index (χ2n) is 5.34. The molecule has 2 N–H and O–H groups in total.